The second-order valence-electron chi connectivity index (χ2n) is 7.38. The molecule has 1 unspecified atom stereocenters. The molecule has 0 aromatic heterocycles. The molecule has 1 fully saturated rings. The van der Waals surface area contributed by atoms with Gasteiger partial charge in [0.1, 0.15) is 11.6 Å². The Morgan fingerprint density at radius 2 is 1.96 bits per heavy atom. The van der Waals surface area contributed by atoms with E-state index in [9.17, 15) is 9.59 Å². The highest BCUT2D eigenvalue weighted by Gasteiger charge is 2.36. The Kier molecular flexibility index (Phi) is 6.28. The summed E-state index contributed by atoms with van der Waals surface area (Å²) in [6.07, 6.45) is 1.09. The van der Waals surface area contributed by atoms with Crippen LogP contribution in [-0.2, 0) is 9.53 Å². The molecule has 1 aromatic carbocycles. The summed E-state index contributed by atoms with van der Waals surface area (Å²) in [6.45, 7) is 7.29. The van der Waals surface area contributed by atoms with Crippen molar-refractivity contribution < 1.29 is 14.3 Å². The molecule has 1 saturated heterocycles. The van der Waals surface area contributed by atoms with Crippen molar-refractivity contribution in [2.45, 2.75) is 45.3 Å². The van der Waals surface area contributed by atoms with Gasteiger partial charge in [0.2, 0.25) is 5.91 Å². The maximum absolute atomic E-state index is 12.5. The average Bonchev–Trinajstić information content (AvgIpc) is 3.03. The molecular formula is C19H29N3O3. The fourth-order valence-corrected chi connectivity index (χ4v) is 2.85. The lowest BCUT2D eigenvalue weighted by Crippen LogP contribution is -2.48. The van der Waals surface area contributed by atoms with Crippen LogP contribution in [0.3, 0.4) is 0 Å². The van der Waals surface area contributed by atoms with Crippen LogP contribution in [0.1, 0.15) is 33.6 Å². The molecule has 0 spiro atoms. The van der Waals surface area contributed by atoms with Gasteiger partial charge >= 0.3 is 6.09 Å². The van der Waals surface area contributed by atoms with Crippen LogP contribution in [0.15, 0.2) is 30.3 Å². The lowest BCUT2D eigenvalue weighted by atomic mass is 10.2. The maximum Gasteiger partial charge on any atom is 0.410 e. The summed E-state index contributed by atoms with van der Waals surface area (Å²) in [5, 5.41) is 2.94. The van der Waals surface area contributed by atoms with Gasteiger partial charge in [-0.15, -0.1) is 0 Å². The molecule has 0 radical (unpaired) electrons. The summed E-state index contributed by atoms with van der Waals surface area (Å²) in [5.41, 5.74) is 0.548. The van der Waals surface area contributed by atoms with Crippen molar-refractivity contribution in [3.8, 4) is 0 Å². The number of nitrogens with one attached hydrogen (secondary N) is 1. The van der Waals surface area contributed by atoms with E-state index in [0.717, 1.165) is 12.1 Å². The number of para-hydroxylation sites is 1. The standard InChI is InChI=1S/C19H29N3O3/c1-19(2,3)25-18(24)22-13-8-11-16(22)17(23)20-12-14-21(4)15-9-6-5-7-10-15/h5-7,9-10,16H,8,11-14H2,1-4H3,(H,20,23). The van der Waals surface area contributed by atoms with Crippen molar-refractivity contribution in [2.75, 3.05) is 31.6 Å². The summed E-state index contributed by atoms with van der Waals surface area (Å²) >= 11 is 0. The van der Waals surface area contributed by atoms with E-state index in [2.05, 4.69) is 10.2 Å². The number of amides is 2. The first-order valence-corrected chi connectivity index (χ1v) is 8.81. The number of carbonyl (C=O) groups is 2. The van der Waals surface area contributed by atoms with Crippen molar-refractivity contribution >= 4 is 17.7 Å². The number of anilines is 1. The topological polar surface area (TPSA) is 61.9 Å². The van der Waals surface area contributed by atoms with Crippen LogP contribution < -0.4 is 10.2 Å². The van der Waals surface area contributed by atoms with Crippen LogP contribution in [0.5, 0.6) is 0 Å². The van der Waals surface area contributed by atoms with Crippen molar-refractivity contribution in [1.29, 1.82) is 0 Å². The fraction of sp³-hybridized carbons (Fsp3) is 0.579. The van der Waals surface area contributed by atoms with Gasteiger partial charge in [0, 0.05) is 32.4 Å². The van der Waals surface area contributed by atoms with E-state index in [-0.39, 0.29) is 5.91 Å². The summed E-state index contributed by atoms with van der Waals surface area (Å²) in [6, 6.07) is 9.58. The molecular weight excluding hydrogens is 318 g/mol. The van der Waals surface area contributed by atoms with Gasteiger partial charge in [-0.05, 0) is 45.7 Å². The van der Waals surface area contributed by atoms with E-state index in [4.69, 9.17) is 4.74 Å². The minimum atomic E-state index is -0.556. The first-order valence-electron chi connectivity index (χ1n) is 8.81. The van der Waals surface area contributed by atoms with Gasteiger partial charge in [-0.3, -0.25) is 9.69 Å². The van der Waals surface area contributed by atoms with Crippen LogP contribution in [-0.4, -0.2) is 55.2 Å². The third kappa shape index (κ3) is 5.66. The Morgan fingerprint density at radius 1 is 1.28 bits per heavy atom. The molecule has 1 heterocycles. The third-order valence-electron chi connectivity index (χ3n) is 4.13. The van der Waals surface area contributed by atoms with E-state index < -0.39 is 17.7 Å². The van der Waals surface area contributed by atoms with Gasteiger partial charge in [0.05, 0.1) is 0 Å². The smallest absolute Gasteiger partial charge is 0.410 e. The Hall–Kier alpha value is -2.24. The number of hydrogen-bond acceptors (Lipinski definition) is 4. The Labute approximate surface area is 150 Å². The highest BCUT2D eigenvalue weighted by atomic mass is 16.6. The molecule has 0 bridgehead atoms. The van der Waals surface area contributed by atoms with Crippen molar-refractivity contribution in [1.82, 2.24) is 10.2 Å². The van der Waals surface area contributed by atoms with Crippen LogP contribution >= 0.6 is 0 Å². The van der Waals surface area contributed by atoms with Gasteiger partial charge < -0.3 is 15.0 Å². The molecule has 1 aliphatic heterocycles. The first kappa shape index (κ1) is 19.1. The van der Waals surface area contributed by atoms with Crippen LogP contribution in [0.2, 0.25) is 0 Å². The van der Waals surface area contributed by atoms with E-state index >= 15 is 0 Å². The van der Waals surface area contributed by atoms with E-state index in [1.807, 2.05) is 58.2 Å². The van der Waals surface area contributed by atoms with Crippen molar-refractivity contribution in [3.63, 3.8) is 0 Å². The monoisotopic (exact) mass is 347 g/mol. The highest BCUT2D eigenvalue weighted by Crippen LogP contribution is 2.21. The molecule has 0 saturated carbocycles. The number of likely N-dealkylation sites (tertiary alicyclic amines) is 1. The normalized spacial score (nSPS) is 17.3. The Balaban J connectivity index is 1.82. The van der Waals surface area contributed by atoms with Gasteiger partial charge in [-0.2, -0.15) is 0 Å². The van der Waals surface area contributed by atoms with Crippen molar-refractivity contribution in [3.05, 3.63) is 30.3 Å². The fourth-order valence-electron chi connectivity index (χ4n) is 2.85. The zero-order valence-corrected chi connectivity index (χ0v) is 15.6. The predicted molar refractivity (Wildman–Crippen MR) is 98.7 cm³/mol. The predicted octanol–water partition coefficient (Wildman–Crippen LogP) is 2.64. The molecule has 2 amide bonds. The highest BCUT2D eigenvalue weighted by molar-refractivity contribution is 5.86. The minimum absolute atomic E-state index is 0.107. The second kappa shape index (κ2) is 8.23. The van der Waals surface area contributed by atoms with Gasteiger partial charge in [-0.25, -0.2) is 4.79 Å². The molecule has 2 rings (SSSR count). The Bertz CT molecular complexity index is 583. The maximum atomic E-state index is 12.5. The molecule has 138 valence electrons. The van der Waals surface area contributed by atoms with Crippen LogP contribution in [0, 0.1) is 0 Å². The quantitative estimate of drug-likeness (QED) is 0.889. The van der Waals surface area contributed by atoms with E-state index in [1.54, 1.807) is 4.90 Å². The summed E-state index contributed by atoms with van der Waals surface area (Å²) in [5.74, 6) is -0.107. The number of likely N-dealkylation sites (N-methyl/N-ethyl adjacent to an activating group) is 1. The second-order valence-corrected chi connectivity index (χ2v) is 7.38. The number of ether oxygens (including phenoxy) is 1. The largest absolute Gasteiger partial charge is 0.444 e. The SMILES string of the molecule is CN(CCNC(=O)C1CCCN1C(=O)OC(C)(C)C)c1ccccc1. The minimum Gasteiger partial charge on any atom is -0.444 e. The van der Waals surface area contributed by atoms with E-state index in [0.29, 0.717) is 26.1 Å². The van der Waals surface area contributed by atoms with Crippen LogP contribution in [0.4, 0.5) is 10.5 Å². The number of benzene rings is 1. The summed E-state index contributed by atoms with van der Waals surface area (Å²) in [7, 11) is 1.99. The van der Waals surface area contributed by atoms with Gasteiger partial charge in [0.25, 0.3) is 0 Å². The molecule has 6 heteroatoms. The number of hydrogen-bond donors (Lipinski definition) is 1. The van der Waals surface area contributed by atoms with Crippen molar-refractivity contribution in [2.24, 2.45) is 0 Å². The molecule has 1 aromatic rings. The van der Waals surface area contributed by atoms with Gasteiger partial charge in [-0.1, -0.05) is 18.2 Å². The number of carbonyl (C=O) groups excluding carboxylic acids is 2. The lowest BCUT2D eigenvalue weighted by Gasteiger charge is -2.28. The van der Waals surface area contributed by atoms with E-state index in [1.165, 1.54) is 0 Å². The molecule has 25 heavy (non-hydrogen) atoms. The third-order valence-corrected chi connectivity index (χ3v) is 4.13. The molecule has 6 nitrogen and oxygen atoms in total. The number of rotatable bonds is 5. The summed E-state index contributed by atoms with van der Waals surface area (Å²) < 4.78 is 5.40. The van der Waals surface area contributed by atoms with Crippen LogP contribution in [0.25, 0.3) is 0 Å². The number of nitrogens with zero attached hydrogens (tertiary/aromatic N) is 2. The molecule has 0 aliphatic carbocycles. The first-order chi connectivity index (χ1) is 11.8. The zero-order chi connectivity index (χ0) is 18.4. The molecule has 1 aliphatic rings. The average molecular weight is 347 g/mol. The molecule has 1 atom stereocenters. The summed E-state index contributed by atoms with van der Waals surface area (Å²) in [4.78, 5) is 28.4. The zero-order valence-electron chi connectivity index (χ0n) is 15.6. The van der Waals surface area contributed by atoms with Gasteiger partial charge in [0.15, 0.2) is 0 Å². The Morgan fingerprint density at radius 3 is 2.60 bits per heavy atom. The lowest BCUT2D eigenvalue weighted by molar-refractivity contribution is -0.125. The molecule has 1 N–H and O–H groups in total.